The van der Waals surface area contributed by atoms with E-state index in [1.165, 1.54) is 11.8 Å². The summed E-state index contributed by atoms with van der Waals surface area (Å²) in [4.78, 5) is 11.9. The van der Waals surface area contributed by atoms with Crippen molar-refractivity contribution < 1.29 is 19.0 Å². The standard InChI is InChI=1S/C24H22ClIN2O4/c1-16-3-5-17(6-4-16)14-32-24-21(26)11-18(12-22(24)30-2)13-27-28-23(29)15-31-20-9-7-19(25)8-10-20/h3-13H,14-15H2,1-2H3,(H,28,29)/b27-13-. The molecule has 0 aliphatic rings. The van der Waals surface area contributed by atoms with Crippen LogP contribution in [0.2, 0.25) is 5.02 Å². The lowest BCUT2D eigenvalue weighted by Crippen LogP contribution is -2.24. The van der Waals surface area contributed by atoms with Crippen molar-refractivity contribution >= 4 is 46.3 Å². The molecular formula is C24H22ClIN2O4. The van der Waals surface area contributed by atoms with E-state index in [-0.39, 0.29) is 12.5 Å². The van der Waals surface area contributed by atoms with E-state index >= 15 is 0 Å². The van der Waals surface area contributed by atoms with Crippen molar-refractivity contribution in [1.29, 1.82) is 0 Å². The molecule has 0 aliphatic carbocycles. The molecule has 1 amide bonds. The van der Waals surface area contributed by atoms with Gasteiger partial charge in [-0.1, -0.05) is 41.4 Å². The molecule has 0 spiro atoms. The molecule has 0 unspecified atom stereocenters. The summed E-state index contributed by atoms with van der Waals surface area (Å²) in [7, 11) is 1.58. The molecule has 3 rings (SSSR count). The minimum Gasteiger partial charge on any atom is -0.493 e. The van der Waals surface area contributed by atoms with Crippen molar-refractivity contribution in [2.45, 2.75) is 13.5 Å². The van der Waals surface area contributed by atoms with Gasteiger partial charge in [0, 0.05) is 5.02 Å². The van der Waals surface area contributed by atoms with Crippen molar-refractivity contribution in [2.24, 2.45) is 5.10 Å². The summed E-state index contributed by atoms with van der Waals surface area (Å²) >= 11 is 8.01. The average Bonchev–Trinajstić information content (AvgIpc) is 2.79. The van der Waals surface area contributed by atoms with E-state index in [0.717, 1.165) is 14.7 Å². The second-order valence-corrected chi connectivity index (χ2v) is 8.44. The van der Waals surface area contributed by atoms with Crippen LogP contribution in [0, 0.1) is 10.5 Å². The van der Waals surface area contributed by atoms with Crippen molar-refractivity contribution in [3.63, 3.8) is 0 Å². The molecule has 0 radical (unpaired) electrons. The lowest BCUT2D eigenvalue weighted by Gasteiger charge is -2.13. The molecule has 0 aromatic heterocycles. The Labute approximate surface area is 205 Å². The summed E-state index contributed by atoms with van der Waals surface area (Å²) in [5.41, 5.74) is 5.47. The maximum Gasteiger partial charge on any atom is 0.277 e. The Morgan fingerprint density at radius 3 is 2.50 bits per heavy atom. The quantitative estimate of drug-likeness (QED) is 0.216. The summed E-state index contributed by atoms with van der Waals surface area (Å²) in [6.07, 6.45) is 1.54. The number of carbonyl (C=O) groups is 1. The third kappa shape index (κ3) is 7.13. The number of amides is 1. The monoisotopic (exact) mass is 564 g/mol. The van der Waals surface area contributed by atoms with E-state index < -0.39 is 0 Å². The number of benzene rings is 3. The number of hydrogen-bond acceptors (Lipinski definition) is 5. The molecule has 0 saturated carbocycles. The van der Waals surface area contributed by atoms with Gasteiger partial charge < -0.3 is 14.2 Å². The summed E-state index contributed by atoms with van der Waals surface area (Å²) in [5, 5.41) is 4.59. The van der Waals surface area contributed by atoms with Crippen molar-refractivity contribution in [2.75, 3.05) is 13.7 Å². The Bertz CT molecular complexity index is 1090. The number of hydrogen-bond donors (Lipinski definition) is 1. The fraction of sp³-hybridized carbons (Fsp3) is 0.167. The Morgan fingerprint density at radius 2 is 1.81 bits per heavy atom. The first kappa shape index (κ1) is 23.9. The molecule has 6 nitrogen and oxygen atoms in total. The smallest absolute Gasteiger partial charge is 0.277 e. The highest BCUT2D eigenvalue weighted by molar-refractivity contribution is 14.1. The molecule has 166 valence electrons. The lowest BCUT2D eigenvalue weighted by molar-refractivity contribution is -0.123. The molecule has 0 saturated heterocycles. The van der Waals surface area contributed by atoms with Crippen molar-refractivity contribution in [3.8, 4) is 17.2 Å². The van der Waals surface area contributed by atoms with Gasteiger partial charge in [0.25, 0.3) is 5.91 Å². The van der Waals surface area contributed by atoms with Gasteiger partial charge in [-0.25, -0.2) is 5.43 Å². The van der Waals surface area contributed by atoms with Crippen molar-refractivity contribution in [1.82, 2.24) is 5.43 Å². The zero-order valence-electron chi connectivity index (χ0n) is 17.6. The van der Waals surface area contributed by atoms with Crippen LogP contribution in [0.25, 0.3) is 0 Å². The van der Waals surface area contributed by atoms with Crippen LogP contribution >= 0.6 is 34.2 Å². The second kappa shape index (κ2) is 11.7. The highest BCUT2D eigenvalue weighted by Gasteiger charge is 2.12. The van der Waals surface area contributed by atoms with Crippen molar-refractivity contribution in [3.05, 3.63) is 85.9 Å². The van der Waals surface area contributed by atoms with Crippen LogP contribution in [0.4, 0.5) is 0 Å². The number of nitrogens with one attached hydrogen (secondary N) is 1. The van der Waals surface area contributed by atoms with E-state index in [9.17, 15) is 4.79 Å². The van der Waals surface area contributed by atoms with Gasteiger partial charge in [-0.05, 0) is 77.0 Å². The zero-order chi connectivity index (χ0) is 22.9. The minimum atomic E-state index is -0.379. The van der Waals surface area contributed by atoms with E-state index in [0.29, 0.717) is 28.9 Å². The van der Waals surface area contributed by atoms with Gasteiger partial charge in [-0.3, -0.25) is 4.79 Å². The average molecular weight is 565 g/mol. The van der Waals surface area contributed by atoms with Gasteiger partial charge in [0.1, 0.15) is 12.4 Å². The minimum absolute atomic E-state index is 0.161. The van der Waals surface area contributed by atoms with Crippen LogP contribution in [0.3, 0.4) is 0 Å². The normalized spacial score (nSPS) is 10.8. The van der Waals surface area contributed by atoms with Gasteiger partial charge in [0.2, 0.25) is 0 Å². The van der Waals surface area contributed by atoms with Gasteiger partial charge >= 0.3 is 0 Å². The van der Waals surface area contributed by atoms with Gasteiger partial charge in [0.05, 0.1) is 16.9 Å². The fourth-order valence-corrected chi connectivity index (χ4v) is 3.59. The van der Waals surface area contributed by atoms with Crippen LogP contribution in [0.5, 0.6) is 17.2 Å². The third-order valence-electron chi connectivity index (χ3n) is 4.34. The van der Waals surface area contributed by atoms with E-state index in [1.54, 1.807) is 37.4 Å². The van der Waals surface area contributed by atoms with E-state index in [4.69, 9.17) is 25.8 Å². The van der Waals surface area contributed by atoms with Crippen LogP contribution in [-0.2, 0) is 11.4 Å². The SMILES string of the molecule is COc1cc(/C=N\NC(=O)COc2ccc(Cl)cc2)cc(I)c1OCc1ccc(C)cc1. The van der Waals surface area contributed by atoms with Crippen LogP contribution in [0.1, 0.15) is 16.7 Å². The Morgan fingerprint density at radius 1 is 1.09 bits per heavy atom. The number of ether oxygens (including phenoxy) is 3. The topological polar surface area (TPSA) is 69.2 Å². The molecule has 3 aromatic rings. The molecule has 0 aliphatic heterocycles. The summed E-state index contributed by atoms with van der Waals surface area (Å²) < 4.78 is 17.7. The van der Waals surface area contributed by atoms with E-state index in [2.05, 4.69) is 45.3 Å². The van der Waals surface area contributed by atoms with E-state index in [1.807, 2.05) is 25.1 Å². The Hall–Kier alpha value is -2.78. The maximum absolute atomic E-state index is 11.9. The molecule has 0 heterocycles. The number of aryl methyl sites for hydroxylation is 1. The number of nitrogens with zero attached hydrogens (tertiary/aromatic N) is 1. The van der Waals surface area contributed by atoms with Gasteiger partial charge in [0.15, 0.2) is 18.1 Å². The highest BCUT2D eigenvalue weighted by atomic mass is 127. The third-order valence-corrected chi connectivity index (χ3v) is 5.40. The lowest BCUT2D eigenvalue weighted by atomic mass is 10.2. The first-order valence-corrected chi connectivity index (χ1v) is 11.2. The summed E-state index contributed by atoms with van der Waals surface area (Å²) in [6.45, 7) is 2.32. The molecule has 32 heavy (non-hydrogen) atoms. The van der Waals surface area contributed by atoms with Gasteiger partial charge in [-0.15, -0.1) is 0 Å². The number of halogens is 2. The summed E-state index contributed by atoms with van der Waals surface area (Å²) in [6, 6.07) is 18.6. The second-order valence-electron chi connectivity index (χ2n) is 6.84. The number of rotatable bonds is 9. The maximum atomic E-state index is 11.9. The molecule has 3 aromatic carbocycles. The summed E-state index contributed by atoms with van der Waals surface area (Å²) in [5.74, 6) is 1.42. The Balaban J connectivity index is 1.57. The van der Waals surface area contributed by atoms with Gasteiger partial charge in [-0.2, -0.15) is 5.10 Å². The first-order chi connectivity index (χ1) is 15.4. The highest BCUT2D eigenvalue weighted by Crippen LogP contribution is 2.34. The number of carbonyl (C=O) groups excluding carboxylic acids is 1. The number of methoxy groups -OCH3 is 1. The fourth-order valence-electron chi connectivity index (χ4n) is 2.68. The zero-order valence-corrected chi connectivity index (χ0v) is 20.5. The predicted octanol–water partition coefficient (Wildman–Crippen LogP) is 5.37. The predicted molar refractivity (Wildman–Crippen MR) is 134 cm³/mol. The van der Waals surface area contributed by atoms with Crippen LogP contribution < -0.4 is 19.6 Å². The molecular weight excluding hydrogens is 543 g/mol. The molecule has 0 fully saturated rings. The molecule has 0 bridgehead atoms. The molecule has 1 N–H and O–H groups in total. The Kier molecular flexibility index (Phi) is 8.75. The largest absolute Gasteiger partial charge is 0.493 e. The molecule has 0 atom stereocenters. The van der Waals surface area contributed by atoms with Crippen LogP contribution in [0.15, 0.2) is 65.8 Å². The first-order valence-electron chi connectivity index (χ1n) is 9.71. The molecule has 8 heteroatoms. The number of hydrazone groups is 1. The van der Waals surface area contributed by atoms with Crippen LogP contribution in [-0.4, -0.2) is 25.8 Å².